The molecular formula is C24H32ClN3O2S. The number of thioether (sulfide) groups is 1. The van der Waals surface area contributed by atoms with Gasteiger partial charge in [0.2, 0.25) is 0 Å². The van der Waals surface area contributed by atoms with Crippen molar-refractivity contribution in [3.63, 3.8) is 0 Å². The number of benzene rings is 2. The molecule has 0 radical (unpaired) electrons. The number of hydrogen-bond donors (Lipinski definition) is 2. The number of amides is 1. The van der Waals surface area contributed by atoms with Crippen LogP contribution in [-0.2, 0) is 5.75 Å². The van der Waals surface area contributed by atoms with Gasteiger partial charge in [0.15, 0.2) is 0 Å². The van der Waals surface area contributed by atoms with Gasteiger partial charge in [-0.3, -0.25) is 4.79 Å². The minimum atomic E-state index is -0.170. The van der Waals surface area contributed by atoms with Crippen molar-refractivity contribution in [1.82, 2.24) is 10.2 Å². The van der Waals surface area contributed by atoms with Gasteiger partial charge in [-0.15, -0.1) is 0 Å². The molecule has 5 nitrogen and oxygen atoms in total. The van der Waals surface area contributed by atoms with E-state index in [9.17, 15) is 4.79 Å². The number of carbonyl (C=O) groups is 1. The monoisotopic (exact) mass is 461 g/mol. The Kier molecular flexibility index (Phi) is 9.37. The molecule has 1 fully saturated rings. The molecule has 1 heterocycles. The van der Waals surface area contributed by atoms with E-state index in [4.69, 9.17) is 22.1 Å². The smallest absolute Gasteiger partial charge is 0.255 e. The van der Waals surface area contributed by atoms with Crippen LogP contribution in [0.25, 0.3) is 0 Å². The number of piperidine rings is 1. The van der Waals surface area contributed by atoms with Crippen LogP contribution in [0.5, 0.6) is 5.75 Å². The average molecular weight is 462 g/mol. The molecule has 0 unspecified atom stereocenters. The Balaban J connectivity index is 1.32. The molecule has 0 aromatic heterocycles. The number of nitrogens with one attached hydrogen (secondary N) is 1. The Bertz CT molecular complexity index is 842. The fraction of sp³-hybridized carbons (Fsp3) is 0.458. The van der Waals surface area contributed by atoms with Gasteiger partial charge in [-0.05, 0) is 62.2 Å². The van der Waals surface area contributed by atoms with Crippen molar-refractivity contribution in [3.05, 3.63) is 58.6 Å². The second-order valence-corrected chi connectivity index (χ2v) is 9.47. The van der Waals surface area contributed by atoms with E-state index in [0.717, 1.165) is 38.2 Å². The van der Waals surface area contributed by atoms with Gasteiger partial charge in [0.05, 0.1) is 23.4 Å². The first-order valence-corrected chi connectivity index (χ1v) is 12.4. The first kappa shape index (κ1) is 23.8. The van der Waals surface area contributed by atoms with Crippen molar-refractivity contribution in [2.24, 2.45) is 5.92 Å². The highest BCUT2D eigenvalue weighted by Crippen LogP contribution is 2.29. The molecule has 31 heavy (non-hydrogen) atoms. The SMILES string of the molecule is COc1cc(N)c(Cl)cc1C(=O)NCC1CCN(CCCSCc2ccccc2)CC1. The summed E-state index contributed by atoms with van der Waals surface area (Å²) in [7, 11) is 1.52. The van der Waals surface area contributed by atoms with Crippen LogP contribution in [0, 0.1) is 5.92 Å². The largest absolute Gasteiger partial charge is 0.496 e. The Morgan fingerprint density at radius 1 is 1.26 bits per heavy atom. The second kappa shape index (κ2) is 12.2. The zero-order valence-corrected chi connectivity index (χ0v) is 19.7. The molecule has 7 heteroatoms. The number of hydrogen-bond acceptors (Lipinski definition) is 5. The van der Waals surface area contributed by atoms with Crippen molar-refractivity contribution in [1.29, 1.82) is 0 Å². The number of rotatable bonds is 10. The number of halogens is 1. The molecule has 1 aliphatic heterocycles. The summed E-state index contributed by atoms with van der Waals surface area (Å²) in [5.74, 6) is 3.06. The minimum Gasteiger partial charge on any atom is -0.496 e. The van der Waals surface area contributed by atoms with Gasteiger partial charge in [0, 0.05) is 18.4 Å². The fourth-order valence-electron chi connectivity index (χ4n) is 3.82. The molecule has 168 valence electrons. The van der Waals surface area contributed by atoms with E-state index in [0.29, 0.717) is 34.5 Å². The lowest BCUT2D eigenvalue weighted by Gasteiger charge is -2.32. The summed E-state index contributed by atoms with van der Waals surface area (Å²) in [6, 6.07) is 13.8. The van der Waals surface area contributed by atoms with Crippen LogP contribution in [0.3, 0.4) is 0 Å². The molecular weight excluding hydrogens is 430 g/mol. The predicted molar refractivity (Wildman–Crippen MR) is 131 cm³/mol. The third kappa shape index (κ3) is 7.34. The second-order valence-electron chi connectivity index (χ2n) is 7.96. The summed E-state index contributed by atoms with van der Waals surface area (Å²) in [5, 5.41) is 3.40. The summed E-state index contributed by atoms with van der Waals surface area (Å²) in [6.07, 6.45) is 3.44. The van der Waals surface area contributed by atoms with Crippen LogP contribution in [0.15, 0.2) is 42.5 Å². The zero-order chi connectivity index (χ0) is 22.1. The van der Waals surface area contributed by atoms with Gasteiger partial charge in [0.25, 0.3) is 5.91 Å². The van der Waals surface area contributed by atoms with Crippen molar-refractivity contribution in [2.45, 2.75) is 25.0 Å². The number of nitrogens with two attached hydrogens (primary N) is 1. The zero-order valence-electron chi connectivity index (χ0n) is 18.1. The molecule has 3 rings (SSSR count). The van der Waals surface area contributed by atoms with Crippen molar-refractivity contribution < 1.29 is 9.53 Å². The number of likely N-dealkylation sites (tertiary alicyclic amines) is 1. The molecule has 0 bridgehead atoms. The summed E-state index contributed by atoms with van der Waals surface area (Å²) >= 11 is 8.08. The van der Waals surface area contributed by atoms with E-state index in [1.54, 1.807) is 12.1 Å². The Morgan fingerprint density at radius 3 is 2.71 bits per heavy atom. The number of ether oxygens (including phenoxy) is 1. The lowest BCUT2D eigenvalue weighted by Crippen LogP contribution is -2.39. The first-order chi connectivity index (χ1) is 15.1. The molecule has 0 spiro atoms. The highest BCUT2D eigenvalue weighted by atomic mass is 35.5. The van der Waals surface area contributed by atoms with E-state index in [1.165, 1.54) is 24.8 Å². The molecule has 3 N–H and O–H groups in total. The summed E-state index contributed by atoms with van der Waals surface area (Å²) in [4.78, 5) is 15.1. The van der Waals surface area contributed by atoms with E-state index in [2.05, 4.69) is 40.5 Å². The lowest BCUT2D eigenvalue weighted by molar-refractivity contribution is 0.0933. The predicted octanol–water partition coefficient (Wildman–Crippen LogP) is 4.70. The van der Waals surface area contributed by atoms with E-state index >= 15 is 0 Å². The van der Waals surface area contributed by atoms with Crippen LogP contribution in [0.1, 0.15) is 35.2 Å². The quantitative estimate of drug-likeness (QED) is 0.396. The first-order valence-electron chi connectivity index (χ1n) is 10.8. The number of carbonyl (C=O) groups excluding carboxylic acids is 1. The van der Waals surface area contributed by atoms with Crippen LogP contribution < -0.4 is 15.8 Å². The molecule has 2 aromatic rings. The van der Waals surface area contributed by atoms with Crippen molar-refractivity contribution in [3.8, 4) is 5.75 Å². The summed E-state index contributed by atoms with van der Waals surface area (Å²) < 4.78 is 5.28. The standard InChI is InChI=1S/C24H32ClN3O2S/c1-30-23-15-22(26)21(25)14-20(23)24(29)27-16-18-8-11-28(12-9-18)10-5-13-31-17-19-6-3-2-4-7-19/h2-4,6-7,14-15,18H,5,8-13,16-17,26H2,1H3,(H,27,29). The van der Waals surface area contributed by atoms with Gasteiger partial charge in [-0.2, -0.15) is 11.8 Å². The van der Waals surface area contributed by atoms with Crippen LogP contribution in [0.4, 0.5) is 5.69 Å². The van der Waals surface area contributed by atoms with Crippen molar-refractivity contribution >= 4 is 35.0 Å². The molecule has 0 aliphatic carbocycles. The van der Waals surface area contributed by atoms with Gasteiger partial charge in [0.1, 0.15) is 5.75 Å². The summed E-state index contributed by atoms with van der Waals surface area (Å²) in [6.45, 7) is 4.02. The summed E-state index contributed by atoms with van der Waals surface area (Å²) in [5.41, 5.74) is 8.02. The topological polar surface area (TPSA) is 67.6 Å². The van der Waals surface area contributed by atoms with E-state index in [-0.39, 0.29) is 5.91 Å². The van der Waals surface area contributed by atoms with Crippen LogP contribution >= 0.6 is 23.4 Å². The average Bonchev–Trinajstić information content (AvgIpc) is 2.80. The van der Waals surface area contributed by atoms with E-state index < -0.39 is 0 Å². The maximum Gasteiger partial charge on any atom is 0.255 e. The highest BCUT2D eigenvalue weighted by Gasteiger charge is 2.21. The third-order valence-corrected chi connectivity index (χ3v) is 7.14. The van der Waals surface area contributed by atoms with Gasteiger partial charge >= 0.3 is 0 Å². The maximum absolute atomic E-state index is 12.6. The lowest BCUT2D eigenvalue weighted by atomic mass is 9.96. The minimum absolute atomic E-state index is 0.170. The van der Waals surface area contributed by atoms with Gasteiger partial charge in [-0.1, -0.05) is 41.9 Å². The van der Waals surface area contributed by atoms with Gasteiger partial charge < -0.3 is 20.7 Å². The van der Waals surface area contributed by atoms with E-state index in [1.807, 2.05) is 11.8 Å². The Hall–Kier alpha value is -1.89. The molecule has 2 aromatic carbocycles. The molecule has 1 aliphatic rings. The molecule has 0 atom stereocenters. The van der Waals surface area contributed by atoms with Crippen LogP contribution in [0.2, 0.25) is 5.02 Å². The number of nitrogens with zero attached hydrogens (tertiary/aromatic N) is 1. The molecule has 0 saturated carbocycles. The Labute approximate surface area is 194 Å². The third-order valence-electron chi connectivity index (χ3n) is 5.70. The number of anilines is 1. The fourth-order valence-corrected chi connectivity index (χ4v) is 4.89. The number of methoxy groups -OCH3 is 1. The van der Waals surface area contributed by atoms with Crippen LogP contribution in [-0.4, -0.2) is 49.8 Å². The normalized spacial score (nSPS) is 15.0. The van der Waals surface area contributed by atoms with Crippen molar-refractivity contribution in [2.75, 3.05) is 44.8 Å². The molecule has 1 amide bonds. The Morgan fingerprint density at radius 2 is 2.00 bits per heavy atom. The van der Waals surface area contributed by atoms with Gasteiger partial charge in [-0.25, -0.2) is 0 Å². The maximum atomic E-state index is 12.6. The highest BCUT2D eigenvalue weighted by molar-refractivity contribution is 7.98. The molecule has 1 saturated heterocycles. The number of nitrogen functional groups attached to an aromatic ring is 1.